The SMILES string of the molecule is O=C(Nc1cccc2cccnc12)c1cc2cccc(Br)c2o1. The van der Waals surface area contributed by atoms with E-state index in [4.69, 9.17) is 4.42 Å². The molecule has 23 heavy (non-hydrogen) atoms. The third-order valence-corrected chi connectivity index (χ3v) is 4.23. The standard InChI is InChI=1S/C18H11BrN2O2/c19-13-7-1-5-12-10-15(23-17(12)13)18(22)21-14-8-2-4-11-6-3-9-20-16(11)14/h1-10H,(H,21,22). The van der Waals surface area contributed by atoms with Crippen molar-refractivity contribution in [2.24, 2.45) is 0 Å². The molecule has 0 saturated carbocycles. The maximum absolute atomic E-state index is 12.5. The van der Waals surface area contributed by atoms with Gasteiger partial charge in [0, 0.05) is 17.0 Å². The molecule has 0 fully saturated rings. The number of pyridine rings is 1. The average molecular weight is 367 g/mol. The molecule has 0 saturated heterocycles. The number of hydrogen-bond acceptors (Lipinski definition) is 3. The van der Waals surface area contributed by atoms with Gasteiger partial charge in [0.2, 0.25) is 0 Å². The number of anilines is 1. The summed E-state index contributed by atoms with van der Waals surface area (Å²) < 4.78 is 6.49. The largest absolute Gasteiger partial charge is 0.450 e. The minimum atomic E-state index is -0.300. The monoisotopic (exact) mass is 366 g/mol. The summed E-state index contributed by atoms with van der Waals surface area (Å²) in [5.74, 6) is -0.0360. The van der Waals surface area contributed by atoms with Crippen molar-refractivity contribution >= 4 is 49.4 Å². The van der Waals surface area contributed by atoms with E-state index in [2.05, 4.69) is 26.2 Å². The van der Waals surface area contributed by atoms with Gasteiger partial charge in [-0.05, 0) is 40.2 Å². The number of hydrogen-bond donors (Lipinski definition) is 1. The van der Waals surface area contributed by atoms with Crippen LogP contribution in [0, 0.1) is 0 Å². The molecule has 4 nitrogen and oxygen atoms in total. The van der Waals surface area contributed by atoms with Gasteiger partial charge in [-0.2, -0.15) is 0 Å². The summed E-state index contributed by atoms with van der Waals surface area (Å²) in [6.07, 6.45) is 1.70. The molecule has 0 atom stereocenters. The molecule has 1 N–H and O–H groups in total. The maximum Gasteiger partial charge on any atom is 0.291 e. The zero-order valence-electron chi connectivity index (χ0n) is 11.9. The number of rotatable bonds is 2. The van der Waals surface area contributed by atoms with Gasteiger partial charge in [-0.3, -0.25) is 9.78 Å². The van der Waals surface area contributed by atoms with Crippen molar-refractivity contribution < 1.29 is 9.21 Å². The van der Waals surface area contributed by atoms with Crippen molar-refractivity contribution in [2.75, 3.05) is 5.32 Å². The molecule has 2 aromatic heterocycles. The van der Waals surface area contributed by atoms with E-state index < -0.39 is 0 Å². The number of carbonyl (C=O) groups is 1. The Labute approximate surface area is 140 Å². The summed E-state index contributed by atoms with van der Waals surface area (Å²) in [7, 11) is 0. The average Bonchev–Trinajstić information content (AvgIpc) is 3.01. The minimum Gasteiger partial charge on any atom is -0.450 e. The Balaban J connectivity index is 1.72. The number of amides is 1. The number of furan rings is 1. The van der Waals surface area contributed by atoms with Gasteiger partial charge >= 0.3 is 0 Å². The van der Waals surface area contributed by atoms with Gasteiger partial charge in [0.05, 0.1) is 15.7 Å². The predicted molar refractivity (Wildman–Crippen MR) is 93.6 cm³/mol. The van der Waals surface area contributed by atoms with Gasteiger partial charge in [-0.1, -0.05) is 30.3 Å². The van der Waals surface area contributed by atoms with Crippen LogP contribution < -0.4 is 5.32 Å². The molecule has 0 unspecified atom stereocenters. The molecule has 0 bridgehead atoms. The summed E-state index contributed by atoms with van der Waals surface area (Å²) in [5.41, 5.74) is 2.07. The molecule has 0 aliphatic rings. The number of halogens is 1. The first-order chi connectivity index (χ1) is 11.2. The van der Waals surface area contributed by atoms with Crippen LogP contribution in [0.25, 0.3) is 21.9 Å². The van der Waals surface area contributed by atoms with E-state index in [0.717, 1.165) is 20.8 Å². The van der Waals surface area contributed by atoms with Gasteiger partial charge in [-0.25, -0.2) is 0 Å². The summed E-state index contributed by atoms with van der Waals surface area (Å²) in [4.78, 5) is 16.8. The Morgan fingerprint density at radius 2 is 1.83 bits per heavy atom. The van der Waals surface area contributed by atoms with Crippen LogP contribution in [0.1, 0.15) is 10.6 Å². The maximum atomic E-state index is 12.5. The molecule has 0 radical (unpaired) electrons. The third kappa shape index (κ3) is 2.49. The van der Waals surface area contributed by atoms with Crippen molar-refractivity contribution in [3.05, 3.63) is 71.0 Å². The molecule has 0 aliphatic heterocycles. The van der Waals surface area contributed by atoms with Gasteiger partial charge in [0.1, 0.15) is 5.58 Å². The quantitative estimate of drug-likeness (QED) is 0.543. The van der Waals surface area contributed by atoms with Crippen molar-refractivity contribution in [3.8, 4) is 0 Å². The molecular formula is C18H11BrN2O2. The first-order valence-corrected chi connectivity index (χ1v) is 7.85. The summed E-state index contributed by atoms with van der Waals surface area (Å²) in [6.45, 7) is 0. The highest BCUT2D eigenvalue weighted by Crippen LogP contribution is 2.28. The van der Waals surface area contributed by atoms with Crippen molar-refractivity contribution in [1.29, 1.82) is 0 Å². The molecule has 5 heteroatoms. The van der Waals surface area contributed by atoms with Crippen LogP contribution in [0.5, 0.6) is 0 Å². The van der Waals surface area contributed by atoms with Crippen LogP contribution in [0.3, 0.4) is 0 Å². The first kappa shape index (κ1) is 14.0. The lowest BCUT2D eigenvalue weighted by Gasteiger charge is -2.06. The van der Waals surface area contributed by atoms with Crippen LogP contribution in [0.4, 0.5) is 5.69 Å². The Kier molecular flexibility index (Phi) is 3.35. The molecule has 2 heterocycles. The number of nitrogens with one attached hydrogen (secondary N) is 1. The van der Waals surface area contributed by atoms with Gasteiger partial charge in [0.25, 0.3) is 5.91 Å². The highest BCUT2D eigenvalue weighted by atomic mass is 79.9. The fourth-order valence-electron chi connectivity index (χ4n) is 2.53. The van der Waals surface area contributed by atoms with E-state index in [1.807, 2.05) is 48.5 Å². The van der Waals surface area contributed by atoms with E-state index in [1.165, 1.54) is 0 Å². The minimum absolute atomic E-state index is 0.264. The molecule has 0 spiro atoms. The van der Waals surface area contributed by atoms with E-state index in [1.54, 1.807) is 12.3 Å². The molecule has 2 aromatic carbocycles. The normalized spacial score (nSPS) is 11.0. The summed E-state index contributed by atoms with van der Waals surface area (Å²) in [6, 6.07) is 16.9. The number of benzene rings is 2. The lowest BCUT2D eigenvalue weighted by Crippen LogP contribution is -2.11. The fraction of sp³-hybridized carbons (Fsp3) is 0. The smallest absolute Gasteiger partial charge is 0.291 e. The summed E-state index contributed by atoms with van der Waals surface area (Å²) >= 11 is 3.42. The molecular weight excluding hydrogens is 356 g/mol. The highest BCUT2D eigenvalue weighted by molar-refractivity contribution is 9.10. The number of aromatic nitrogens is 1. The molecule has 4 rings (SSSR count). The van der Waals surface area contributed by atoms with Crippen LogP contribution in [0.15, 0.2) is 69.7 Å². The Bertz CT molecular complexity index is 1030. The van der Waals surface area contributed by atoms with E-state index in [0.29, 0.717) is 11.3 Å². The predicted octanol–water partition coefficient (Wildman–Crippen LogP) is 5.00. The van der Waals surface area contributed by atoms with Crippen LogP contribution in [0.2, 0.25) is 0 Å². The van der Waals surface area contributed by atoms with Crippen LogP contribution in [-0.4, -0.2) is 10.9 Å². The molecule has 1 amide bonds. The summed E-state index contributed by atoms with van der Waals surface area (Å²) in [5, 5.41) is 4.72. The van der Waals surface area contributed by atoms with Crippen molar-refractivity contribution in [1.82, 2.24) is 4.98 Å². The van der Waals surface area contributed by atoms with Crippen molar-refractivity contribution in [3.63, 3.8) is 0 Å². The lowest BCUT2D eigenvalue weighted by molar-refractivity contribution is 0.0999. The third-order valence-electron chi connectivity index (χ3n) is 3.60. The van der Waals surface area contributed by atoms with Crippen LogP contribution >= 0.6 is 15.9 Å². The Morgan fingerprint density at radius 3 is 2.70 bits per heavy atom. The lowest BCUT2D eigenvalue weighted by atomic mass is 10.2. The zero-order chi connectivity index (χ0) is 15.8. The van der Waals surface area contributed by atoms with E-state index in [9.17, 15) is 4.79 Å². The Hall–Kier alpha value is -2.66. The molecule has 4 aromatic rings. The first-order valence-electron chi connectivity index (χ1n) is 7.05. The fourth-order valence-corrected chi connectivity index (χ4v) is 2.99. The van der Waals surface area contributed by atoms with E-state index >= 15 is 0 Å². The second kappa shape index (κ2) is 5.52. The van der Waals surface area contributed by atoms with E-state index in [-0.39, 0.29) is 11.7 Å². The van der Waals surface area contributed by atoms with Gasteiger partial charge in [0.15, 0.2) is 5.76 Å². The van der Waals surface area contributed by atoms with Crippen LogP contribution in [-0.2, 0) is 0 Å². The number of carbonyl (C=O) groups excluding carboxylic acids is 1. The second-order valence-electron chi connectivity index (χ2n) is 5.10. The topological polar surface area (TPSA) is 55.1 Å². The second-order valence-corrected chi connectivity index (χ2v) is 5.96. The Morgan fingerprint density at radius 1 is 1.04 bits per heavy atom. The molecule has 0 aliphatic carbocycles. The highest BCUT2D eigenvalue weighted by Gasteiger charge is 2.15. The zero-order valence-corrected chi connectivity index (χ0v) is 13.5. The van der Waals surface area contributed by atoms with Crippen molar-refractivity contribution in [2.45, 2.75) is 0 Å². The number of nitrogens with zero attached hydrogens (tertiary/aromatic N) is 1. The number of fused-ring (bicyclic) bond motifs is 2. The molecule has 112 valence electrons. The number of para-hydroxylation sites is 2. The van der Waals surface area contributed by atoms with Gasteiger partial charge in [-0.15, -0.1) is 0 Å². The van der Waals surface area contributed by atoms with Gasteiger partial charge < -0.3 is 9.73 Å².